The summed E-state index contributed by atoms with van der Waals surface area (Å²) in [6.07, 6.45) is 1.66. The van der Waals surface area contributed by atoms with E-state index in [9.17, 15) is 9.59 Å². The highest BCUT2D eigenvalue weighted by Crippen LogP contribution is 2.26. The van der Waals surface area contributed by atoms with E-state index in [2.05, 4.69) is 10.3 Å². The molecule has 0 aromatic carbocycles. The Balaban J connectivity index is 2.36. The summed E-state index contributed by atoms with van der Waals surface area (Å²) in [4.78, 5) is 31.4. The predicted octanol–water partition coefficient (Wildman–Crippen LogP) is 2.66. The number of rotatable bonds is 2. The van der Waals surface area contributed by atoms with E-state index in [0.717, 1.165) is 10.4 Å². The van der Waals surface area contributed by atoms with Gasteiger partial charge in [-0.05, 0) is 45.4 Å². The molecule has 114 valence electrons. The Morgan fingerprint density at radius 1 is 1.36 bits per heavy atom. The summed E-state index contributed by atoms with van der Waals surface area (Å²) in [5.74, 6) is -0.218. The molecule has 5 nitrogen and oxygen atoms in total. The maximum Gasteiger partial charge on any atom is 0.266 e. The van der Waals surface area contributed by atoms with Crippen LogP contribution in [-0.2, 0) is 0 Å². The highest BCUT2D eigenvalue weighted by Gasteiger charge is 2.17. The van der Waals surface area contributed by atoms with Crippen molar-refractivity contribution in [2.45, 2.75) is 33.7 Å². The Kier molecular flexibility index (Phi) is 3.48. The lowest BCUT2D eigenvalue weighted by Crippen LogP contribution is -2.31. The van der Waals surface area contributed by atoms with Crippen LogP contribution >= 0.6 is 11.3 Å². The van der Waals surface area contributed by atoms with E-state index in [4.69, 9.17) is 0 Å². The Morgan fingerprint density at radius 2 is 2.09 bits per heavy atom. The summed E-state index contributed by atoms with van der Waals surface area (Å²) in [7, 11) is 0. The molecule has 0 aliphatic rings. The molecule has 1 N–H and O–H groups in total. The molecule has 3 rings (SSSR count). The van der Waals surface area contributed by atoms with Gasteiger partial charge in [0.15, 0.2) is 5.65 Å². The lowest BCUT2D eigenvalue weighted by molar-refractivity contribution is 0.0944. The number of amides is 1. The van der Waals surface area contributed by atoms with Crippen molar-refractivity contribution in [3.63, 3.8) is 0 Å². The van der Waals surface area contributed by atoms with Crippen molar-refractivity contribution in [3.8, 4) is 0 Å². The lowest BCUT2D eigenvalue weighted by Gasteiger charge is -2.10. The second-order valence-corrected chi connectivity index (χ2v) is 6.83. The van der Waals surface area contributed by atoms with E-state index in [1.807, 2.05) is 27.7 Å². The number of thiophene rings is 1. The molecule has 0 saturated carbocycles. The molecule has 0 atom stereocenters. The number of nitrogens with zero attached hydrogens (tertiary/aromatic N) is 2. The number of fused-ring (bicyclic) bond motifs is 2. The van der Waals surface area contributed by atoms with Gasteiger partial charge in [-0.3, -0.25) is 14.0 Å². The maximum atomic E-state index is 12.7. The Hall–Kier alpha value is -2.21. The number of hydrogen-bond acceptors (Lipinski definition) is 4. The first-order chi connectivity index (χ1) is 10.4. The van der Waals surface area contributed by atoms with E-state index in [-0.39, 0.29) is 17.5 Å². The van der Waals surface area contributed by atoms with Gasteiger partial charge in [0, 0.05) is 17.1 Å². The second-order valence-electron chi connectivity index (χ2n) is 5.62. The van der Waals surface area contributed by atoms with Crippen molar-refractivity contribution in [2.75, 3.05) is 0 Å². The molecule has 3 aromatic heterocycles. The van der Waals surface area contributed by atoms with E-state index in [1.54, 1.807) is 18.3 Å². The summed E-state index contributed by atoms with van der Waals surface area (Å²) < 4.78 is 1.46. The zero-order valence-electron chi connectivity index (χ0n) is 12.9. The molecular weight excluding hydrogens is 298 g/mol. The van der Waals surface area contributed by atoms with Crippen molar-refractivity contribution < 1.29 is 4.79 Å². The highest BCUT2D eigenvalue weighted by molar-refractivity contribution is 7.18. The number of aromatic nitrogens is 2. The van der Waals surface area contributed by atoms with Crippen molar-refractivity contribution in [3.05, 3.63) is 44.7 Å². The van der Waals surface area contributed by atoms with Gasteiger partial charge >= 0.3 is 0 Å². The third kappa shape index (κ3) is 2.20. The normalized spacial score (nSPS) is 11.5. The molecule has 0 aliphatic carbocycles. The average molecular weight is 315 g/mol. The Labute approximate surface area is 131 Å². The highest BCUT2D eigenvalue weighted by atomic mass is 32.1. The first-order valence-corrected chi connectivity index (χ1v) is 7.93. The number of carbonyl (C=O) groups is 1. The number of carbonyl (C=O) groups excluding carboxylic acids is 1. The van der Waals surface area contributed by atoms with Crippen LogP contribution in [0.1, 0.15) is 34.6 Å². The fraction of sp³-hybridized carbons (Fsp3) is 0.312. The van der Waals surface area contributed by atoms with Gasteiger partial charge in [-0.25, -0.2) is 4.98 Å². The summed E-state index contributed by atoms with van der Waals surface area (Å²) >= 11 is 1.49. The fourth-order valence-corrected chi connectivity index (χ4v) is 3.47. The van der Waals surface area contributed by atoms with Crippen LogP contribution in [0.2, 0.25) is 0 Å². The maximum absolute atomic E-state index is 12.7. The minimum absolute atomic E-state index is 0.0226. The van der Waals surface area contributed by atoms with Crippen molar-refractivity contribution >= 4 is 33.1 Å². The largest absolute Gasteiger partial charge is 0.350 e. The van der Waals surface area contributed by atoms with Gasteiger partial charge in [-0.1, -0.05) is 0 Å². The predicted molar refractivity (Wildman–Crippen MR) is 88.9 cm³/mol. The van der Waals surface area contributed by atoms with Crippen molar-refractivity contribution in [1.82, 2.24) is 14.7 Å². The molecule has 0 radical (unpaired) electrons. The van der Waals surface area contributed by atoms with E-state index in [1.165, 1.54) is 15.7 Å². The molecule has 3 aromatic rings. The standard InChI is InChI=1S/C16H17N3O2S/c1-8(2)17-14(20)11-6-5-7-19-13(11)18-15-12(16(19)21)9(3)10(4)22-15/h5-8H,1-4H3,(H,17,20). The molecule has 0 unspecified atom stereocenters. The molecule has 0 saturated heterocycles. The first-order valence-electron chi connectivity index (χ1n) is 7.12. The molecule has 0 fully saturated rings. The number of aryl methyl sites for hydroxylation is 2. The number of pyridine rings is 1. The monoisotopic (exact) mass is 315 g/mol. The van der Waals surface area contributed by atoms with Crippen LogP contribution in [0.4, 0.5) is 0 Å². The summed E-state index contributed by atoms with van der Waals surface area (Å²) in [6, 6.07) is 3.42. The topological polar surface area (TPSA) is 63.5 Å². The van der Waals surface area contributed by atoms with Crippen LogP contribution in [0.15, 0.2) is 23.1 Å². The molecule has 0 aliphatic heterocycles. The average Bonchev–Trinajstić information content (AvgIpc) is 2.73. The van der Waals surface area contributed by atoms with Gasteiger partial charge in [0.25, 0.3) is 11.5 Å². The Bertz CT molecular complexity index is 953. The van der Waals surface area contributed by atoms with Crippen LogP contribution in [0.25, 0.3) is 15.9 Å². The molecule has 22 heavy (non-hydrogen) atoms. The summed E-state index contributed by atoms with van der Waals surface area (Å²) in [5, 5.41) is 3.48. The zero-order valence-corrected chi connectivity index (χ0v) is 13.7. The SMILES string of the molecule is Cc1sc2nc3c(C(=O)NC(C)C)cccn3c(=O)c2c1C. The number of hydrogen-bond donors (Lipinski definition) is 1. The van der Waals surface area contributed by atoms with E-state index < -0.39 is 0 Å². The van der Waals surface area contributed by atoms with E-state index in [0.29, 0.717) is 21.4 Å². The first kappa shape index (κ1) is 14.7. The quantitative estimate of drug-likeness (QED) is 0.791. The van der Waals surface area contributed by atoms with Crippen LogP contribution in [0.3, 0.4) is 0 Å². The third-order valence-electron chi connectivity index (χ3n) is 3.64. The van der Waals surface area contributed by atoms with Crippen LogP contribution < -0.4 is 10.9 Å². The number of nitrogens with one attached hydrogen (secondary N) is 1. The molecule has 3 heterocycles. The molecular formula is C16H17N3O2S. The lowest BCUT2D eigenvalue weighted by atomic mass is 10.2. The van der Waals surface area contributed by atoms with Gasteiger partial charge in [0.2, 0.25) is 0 Å². The van der Waals surface area contributed by atoms with Gasteiger partial charge < -0.3 is 5.32 Å². The van der Waals surface area contributed by atoms with Crippen molar-refractivity contribution in [1.29, 1.82) is 0 Å². The Morgan fingerprint density at radius 3 is 2.77 bits per heavy atom. The van der Waals surface area contributed by atoms with Gasteiger partial charge in [-0.2, -0.15) is 0 Å². The van der Waals surface area contributed by atoms with Gasteiger partial charge in [0.1, 0.15) is 4.83 Å². The van der Waals surface area contributed by atoms with Gasteiger partial charge in [-0.15, -0.1) is 11.3 Å². The van der Waals surface area contributed by atoms with Gasteiger partial charge in [0.05, 0.1) is 10.9 Å². The fourth-order valence-electron chi connectivity index (χ4n) is 2.45. The second kappa shape index (κ2) is 5.21. The summed E-state index contributed by atoms with van der Waals surface area (Å²) in [6.45, 7) is 7.70. The zero-order chi connectivity index (χ0) is 16.0. The molecule has 1 amide bonds. The van der Waals surface area contributed by atoms with Crippen molar-refractivity contribution in [2.24, 2.45) is 0 Å². The molecule has 0 spiro atoms. The van der Waals surface area contributed by atoms with E-state index >= 15 is 0 Å². The van der Waals surface area contributed by atoms with Crippen LogP contribution in [0, 0.1) is 13.8 Å². The molecule has 0 bridgehead atoms. The minimum atomic E-state index is -0.218. The molecule has 6 heteroatoms. The summed E-state index contributed by atoms with van der Waals surface area (Å²) in [5.41, 5.74) is 1.66. The van der Waals surface area contributed by atoms with Crippen LogP contribution in [-0.4, -0.2) is 21.3 Å². The minimum Gasteiger partial charge on any atom is -0.350 e. The van der Waals surface area contributed by atoms with Crippen LogP contribution in [0.5, 0.6) is 0 Å². The third-order valence-corrected chi connectivity index (χ3v) is 4.74. The smallest absolute Gasteiger partial charge is 0.266 e.